The minimum absolute atomic E-state index is 0. The first-order chi connectivity index (χ1) is 7.15. The molecule has 0 radical (unpaired) electrons. The summed E-state index contributed by atoms with van der Waals surface area (Å²) >= 11 is 1.57. The molecular weight excluding hydrogens is 281 g/mol. The zero-order valence-electron chi connectivity index (χ0n) is 10.2. The molecule has 1 unspecified atom stereocenters. The van der Waals surface area contributed by atoms with Crippen molar-refractivity contribution in [3.63, 3.8) is 0 Å². The Labute approximate surface area is 119 Å². The fourth-order valence-electron chi connectivity index (χ4n) is 1.38. The zero-order chi connectivity index (χ0) is 11.3. The third-order valence-electron chi connectivity index (χ3n) is 2.16. The summed E-state index contributed by atoms with van der Waals surface area (Å²) in [6.07, 6.45) is 1.76. The predicted octanol–water partition coefficient (Wildman–Crippen LogP) is 1.80. The summed E-state index contributed by atoms with van der Waals surface area (Å²) in [5, 5.41) is 5.90. The van der Waals surface area contributed by atoms with E-state index >= 15 is 0 Å². The SMILES string of the molecule is CNCC(C)C(=O)N(C)Cc1nccs1.Cl.Cl. The summed E-state index contributed by atoms with van der Waals surface area (Å²) in [6, 6.07) is 0. The molecule has 0 bridgehead atoms. The summed E-state index contributed by atoms with van der Waals surface area (Å²) in [5.74, 6) is 0.166. The molecule has 1 N–H and O–H groups in total. The molecule has 0 aliphatic rings. The van der Waals surface area contributed by atoms with Crippen molar-refractivity contribution in [2.75, 3.05) is 20.6 Å². The van der Waals surface area contributed by atoms with Crippen molar-refractivity contribution in [1.82, 2.24) is 15.2 Å². The number of rotatable bonds is 5. The fourth-order valence-corrected chi connectivity index (χ4v) is 2.05. The van der Waals surface area contributed by atoms with Gasteiger partial charge in [0, 0.05) is 31.1 Å². The van der Waals surface area contributed by atoms with E-state index in [1.807, 2.05) is 26.4 Å². The van der Waals surface area contributed by atoms with E-state index in [0.717, 1.165) is 5.01 Å². The Hall–Kier alpha value is -0.360. The van der Waals surface area contributed by atoms with Crippen LogP contribution >= 0.6 is 36.2 Å². The lowest BCUT2D eigenvalue weighted by Crippen LogP contribution is -2.35. The Morgan fingerprint density at radius 2 is 2.24 bits per heavy atom. The van der Waals surface area contributed by atoms with E-state index in [2.05, 4.69) is 10.3 Å². The van der Waals surface area contributed by atoms with Gasteiger partial charge in [0.25, 0.3) is 0 Å². The van der Waals surface area contributed by atoms with Gasteiger partial charge in [0.2, 0.25) is 5.91 Å². The van der Waals surface area contributed by atoms with Crippen LogP contribution in [-0.4, -0.2) is 36.4 Å². The molecule has 1 aromatic rings. The molecule has 0 saturated carbocycles. The first kappa shape index (κ1) is 19.0. The van der Waals surface area contributed by atoms with E-state index in [4.69, 9.17) is 0 Å². The molecule has 0 fully saturated rings. The van der Waals surface area contributed by atoms with Crippen molar-refractivity contribution in [2.24, 2.45) is 5.92 Å². The van der Waals surface area contributed by atoms with Crippen molar-refractivity contribution in [1.29, 1.82) is 0 Å². The number of hydrogen-bond acceptors (Lipinski definition) is 4. The molecule has 0 aromatic carbocycles. The van der Waals surface area contributed by atoms with Gasteiger partial charge in [-0.05, 0) is 7.05 Å². The van der Waals surface area contributed by atoms with Gasteiger partial charge in [-0.1, -0.05) is 6.92 Å². The monoisotopic (exact) mass is 299 g/mol. The van der Waals surface area contributed by atoms with Crippen LogP contribution in [0.1, 0.15) is 11.9 Å². The van der Waals surface area contributed by atoms with Crippen molar-refractivity contribution in [3.05, 3.63) is 16.6 Å². The van der Waals surface area contributed by atoms with E-state index in [-0.39, 0.29) is 36.6 Å². The van der Waals surface area contributed by atoms with E-state index in [0.29, 0.717) is 13.1 Å². The van der Waals surface area contributed by atoms with Crippen molar-refractivity contribution in [2.45, 2.75) is 13.5 Å². The standard InChI is InChI=1S/C10H17N3OS.2ClH/c1-8(6-11-2)10(14)13(3)7-9-12-4-5-15-9;;/h4-5,8,11H,6-7H2,1-3H3;2*1H. The number of nitrogens with one attached hydrogen (secondary N) is 1. The van der Waals surface area contributed by atoms with Crippen LogP contribution in [0.5, 0.6) is 0 Å². The second-order valence-electron chi connectivity index (χ2n) is 3.58. The summed E-state index contributed by atoms with van der Waals surface area (Å²) in [4.78, 5) is 17.7. The van der Waals surface area contributed by atoms with Crippen molar-refractivity contribution < 1.29 is 4.79 Å². The van der Waals surface area contributed by atoms with Crippen LogP contribution in [0.3, 0.4) is 0 Å². The Balaban J connectivity index is 0. The maximum atomic E-state index is 11.8. The minimum atomic E-state index is 0. The summed E-state index contributed by atoms with van der Waals surface area (Å²) < 4.78 is 0. The van der Waals surface area contributed by atoms with Gasteiger partial charge in [0.05, 0.1) is 6.54 Å². The molecule has 7 heteroatoms. The van der Waals surface area contributed by atoms with E-state index in [1.54, 1.807) is 22.4 Å². The molecule has 1 atom stereocenters. The van der Waals surface area contributed by atoms with Gasteiger partial charge in [0.1, 0.15) is 5.01 Å². The molecule has 0 aliphatic heterocycles. The Morgan fingerprint density at radius 1 is 1.59 bits per heavy atom. The zero-order valence-corrected chi connectivity index (χ0v) is 12.6. The van der Waals surface area contributed by atoms with Gasteiger partial charge in [-0.3, -0.25) is 4.79 Å². The van der Waals surface area contributed by atoms with Gasteiger partial charge in [-0.2, -0.15) is 0 Å². The molecular formula is C10H19Cl2N3OS. The number of hydrogen-bond donors (Lipinski definition) is 1. The van der Waals surface area contributed by atoms with Crippen LogP contribution in [0.4, 0.5) is 0 Å². The number of thiazole rings is 1. The lowest BCUT2D eigenvalue weighted by atomic mass is 10.1. The number of nitrogens with zero attached hydrogens (tertiary/aromatic N) is 2. The number of carbonyl (C=O) groups is 1. The second-order valence-corrected chi connectivity index (χ2v) is 4.56. The summed E-state index contributed by atoms with van der Waals surface area (Å²) in [5.41, 5.74) is 0. The summed E-state index contributed by atoms with van der Waals surface area (Å²) in [7, 11) is 3.67. The highest BCUT2D eigenvalue weighted by atomic mass is 35.5. The molecule has 4 nitrogen and oxygen atoms in total. The van der Waals surface area contributed by atoms with Crippen LogP contribution in [0.2, 0.25) is 0 Å². The highest BCUT2D eigenvalue weighted by Gasteiger charge is 2.17. The lowest BCUT2D eigenvalue weighted by molar-refractivity contribution is -0.134. The van der Waals surface area contributed by atoms with Gasteiger partial charge >= 0.3 is 0 Å². The number of carbonyl (C=O) groups excluding carboxylic acids is 1. The van der Waals surface area contributed by atoms with E-state index in [1.165, 1.54) is 0 Å². The normalized spacial score (nSPS) is 11.0. The number of amides is 1. The molecule has 1 amide bonds. The van der Waals surface area contributed by atoms with Gasteiger partial charge in [-0.15, -0.1) is 36.2 Å². The van der Waals surface area contributed by atoms with E-state index in [9.17, 15) is 4.79 Å². The quantitative estimate of drug-likeness (QED) is 0.902. The average Bonchev–Trinajstić information content (AvgIpc) is 2.69. The lowest BCUT2D eigenvalue weighted by Gasteiger charge is -2.20. The largest absolute Gasteiger partial charge is 0.339 e. The fraction of sp³-hybridized carbons (Fsp3) is 0.600. The molecule has 1 aromatic heterocycles. The first-order valence-corrected chi connectivity index (χ1v) is 5.81. The Morgan fingerprint density at radius 3 is 2.71 bits per heavy atom. The van der Waals surface area contributed by atoms with Gasteiger partial charge in [-0.25, -0.2) is 4.98 Å². The minimum Gasteiger partial charge on any atom is -0.339 e. The first-order valence-electron chi connectivity index (χ1n) is 4.93. The predicted molar refractivity (Wildman–Crippen MR) is 76.2 cm³/mol. The smallest absolute Gasteiger partial charge is 0.226 e. The molecule has 1 heterocycles. The van der Waals surface area contributed by atoms with Crippen molar-refractivity contribution >= 4 is 42.1 Å². The summed E-state index contributed by atoms with van der Waals surface area (Å²) in [6.45, 7) is 3.24. The highest BCUT2D eigenvalue weighted by molar-refractivity contribution is 7.09. The Kier molecular flexibility index (Phi) is 10.8. The average molecular weight is 300 g/mol. The molecule has 100 valence electrons. The van der Waals surface area contributed by atoms with Crippen LogP contribution in [0, 0.1) is 5.92 Å². The molecule has 0 saturated heterocycles. The maximum absolute atomic E-state index is 11.8. The van der Waals surface area contributed by atoms with Crippen LogP contribution in [0.25, 0.3) is 0 Å². The van der Waals surface area contributed by atoms with Crippen LogP contribution in [0.15, 0.2) is 11.6 Å². The van der Waals surface area contributed by atoms with Crippen molar-refractivity contribution in [3.8, 4) is 0 Å². The third kappa shape index (κ3) is 6.21. The third-order valence-corrected chi connectivity index (χ3v) is 2.93. The topological polar surface area (TPSA) is 45.2 Å². The number of halogens is 2. The molecule has 17 heavy (non-hydrogen) atoms. The molecule has 1 rings (SSSR count). The molecule has 0 spiro atoms. The highest BCUT2D eigenvalue weighted by Crippen LogP contribution is 2.09. The number of aromatic nitrogens is 1. The van der Waals surface area contributed by atoms with Crippen LogP contribution in [-0.2, 0) is 11.3 Å². The van der Waals surface area contributed by atoms with Gasteiger partial charge in [0.15, 0.2) is 0 Å². The maximum Gasteiger partial charge on any atom is 0.226 e. The molecule has 0 aliphatic carbocycles. The van der Waals surface area contributed by atoms with Gasteiger partial charge < -0.3 is 10.2 Å². The second kappa shape index (κ2) is 9.65. The van der Waals surface area contributed by atoms with Crippen LogP contribution < -0.4 is 5.32 Å². The van der Waals surface area contributed by atoms with E-state index < -0.39 is 0 Å². The Bertz CT molecular complexity index is 309.